The van der Waals surface area contributed by atoms with E-state index < -0.39 is 29.9 Å². The molecule has 2 heterocycles. The maximum Gasteiger partial charge on any atom is 0.416 e. The summed E-state index contributed by atoms with van der Waals surface area (Å²) in [7, 11) is 1.50. The number of carbonyl (C=O) groups is 2. The van der Waals surface area contributed by atoms with Crippen molar-refractivity contribution in [2.75, 3.05) is 26.7 Å². The Hall–Kier alpha value is -4.05. The van der Waals surface area contributed by atoms with Gasteiger partial charge in [-0.05, 0) is 47.5 Å². The third kappa shape index (κ3) is 5.29. The Morgan fingerprint density at radius 3 is 2.46 bits per heavy atom. The number of carbonyl (C=O) groups excluding carboxylic acids is 2. The van der Waals surface area contributed by atoms with E-state index in [9.17, 15) is 22.8 Å². The highest BCUT2D eigenvalue weighted by Crippen LogP contribution is 2.46. The minimum Gasteiger partial charge on any atom is -0.496 e. The number of amides is 3. The number of hydrogen-bond donors (Lipinski definition) is 1. The van der Waals surface area contributed by atoms with Gasteiger partial charge in [0.05, 0.1) is 24.3 Å². The Balaban J connectivity index is 1.69. The quantitative estimate of drug-likeness (QED) is 0.463. The lowest BCUT2D eigenvalue weighted by atomic mass is 9.93. The van der Waals surface area contributed by atoms with Crippen molar-refractivity contribution in [1.29, 1.82) is 0 Å². The number of benzene rings is 3. The number of halogens is 4. The molecule has 1 N–H and O–H groups in total. The largest absolute Gasteiger partial charge is 0.496 e. The van der Waals surface area contributed by atoms with Crippen LogP contribution in [-0.2, 0) is 11.0 Å². The molecular formula is C28H24ClF3N4O3. The van der Waals surface area contributed by atoms with Crippen LogP contribution in [0.25, 0.3) is 0 Å². The lowest BCUT2D eigenvalue weighted by Gasteiger charge is -2.35. The van der Waals surface area contributed by atoms with Crippen LogP contribution in [0.3, 0.4) is 0 Å². The number of hydrogen-bond acceptors (Lipinski definition) is 4. The summed E-state index contributed by atoms with van der Waals surface area (Å²) in [5, 5.41) is 3.14. The molecule has 2 aliphatic rings. The maximum atomic E-state index is 14.1. The van der Waals surface area contributed by atoms with E-state index >= 15 is 0 Å². The van der Waals surface area contributed by atoms with Gasteiger partial charge < -0.3 is 15.0 Å². The van der Waals surface area contributed by atoms with Crippen LogP contribution < -0.4 is 10.1 Å². The highest BCUT2D eigenvalue weighted by Gasteiger charge is 2.45. The minimum atomic E-state index is -4.50. The molecule has 2 aliphatic heterocycles. The number of para-hydroxylation sites is 1. The second-order valence-corrected chi connectivity index (χ2v) is 9.58. The fourth-order valence-corrected chi connectivity index (χ4v) is 5.08. The average molecular weight is 557 g/mol. The van der Waals surface area contributed by atoms with Crippen molar-refractivity contribution in [2.45, 2.75) is 18.3 Å². The molecule has 202 valence electrons. The number of nitrogens with one attached hydrogen (secondary N) is 1. The first-order valence-corrected chi connectivity index (χ1v) is 12.5. The van der Waals surface area contributed by atoms with E-state index in [0.29, 0.717) is 34.0 Å². The molecule has 11 heteroatoms. The number of urea groups is 1. The van der Waals surface area contributed by atoms with Gasteiger partial charge in [0.25, 0.3) is 0 Å². The third-order valence-corrected chi connectivity index (χ3v) is 6.93. The van der Waals surface area contributed by atoms with Gasteiger partial charge in [0.2, 0.25) is 5.91 Å². The zero-order chi connectivity index (χ0) is 27.7. The maximum absolute atomic E-state index is 14.1. The zero-order valence-corrected chi connectivity index (χ0v) is 21.5. The fourth-order valence-electron chi connectivity index (χ4n) is 4.88. The van der Waals surface area contributed by atoms with Crippen molar-refractivity contribution >= 4 is 29.4 Å². The fraction of sp³-hybridized carbons (Fsp3) is 0.250. The molecular weight excluding hydrogens is 533 g/mol. The molecule has 0 spiro atoms. The van der Waals surface area contributed by atoms with Crippen LogP contribution in [0.5, 0.6) is 5.75 Å². The normalized spacial score (nSPS) is 19.5. The van der Waals surface area contributed by atoms with Crippen LogP contribution in [0.2, 0.25) is 5.02 Å². The molecule has 0 bridgehead atoms. The first kappa shape index (κ1) is 26.6. The predicted molar refractivity (Wildman–Crippen MR) is 140 cm³/mol. The standard InChI is InChI=1S/C28H24ClF3N4O3/c1-39-22-8-3-2-7-21(22)26-34-24(17-9-11-19(12-10-17)28(30,31)32)25(18-5-4-6-20(29)15-18)36(26)27(38)35-14-13-33-23(37)16-35/h2-12,15,24-25H,13-14,16H2,1H3,(H,33,37). The van der Waals surface area contributed by atoms with Crippen LogP contribution in [0.1, 0.15) is 34.3 Å². The Morgan fingerprint density at radius 1 is 1.05 bits per heavy atom. The summed E-state index contributed by atoms with van der Waals surface area (Å²) in [6.07, 6.45) is -4.50. The van der Waals surface area contributed by atoms with E-state index in [4.69, 9.17) is 21.3 Å². The lowest BCUT2D eigenvalue weighted by molar-refractivity contribution is -0.137. The number of alkyl halides is 3. The molecule has 7 nitrogen and oxygen atoms in total. The molecule has 5 rings (SSSR count). The van der Waals surface area contributed by atoms with Gasteiger partial charge >= 0.3 is 12.2 Å². The van der Waals surface area contributed by atoms with Crippen LogP contribution in [0, 0.1) is 0 Å². The Bertz CT molecular complexity index is 1430. The number of methoxy groups -OCH3 is 1. The van der Waals surface area contributed by atoms with E-state index in [0.717, 1.165) is 12.1 Å². The summed E-state index contributed by atoms with van der Waals surface area (Å²) in [5.74, 6) is 0.449. The Kier molecular flexibility index (Phi) is 7.22. The van der Waals surface area contributed by atoms with Gasteiger partial charge in [-0.15, -0.1) is 0 Å². The first-order chi connectivity index (χ1) is 18.7. The van der Waals surface area contributed by atoms with Crippen molar-refractivity contribution in [3.05, 3.63) is 100 Å². The summed E-state index contributed by atoms with van der Waals surface area (Å²) < 4.78 is 45.5. The number of aliphatic imine (C=N–C) groups is 1. The highest BCUT2D eigenvalue weighted by atomic mass is 35.5. The molecule has 2 atom stereocenters. The summed E-state index contributed by atoms with van der Waals surface area (Å²) in [5.41, 5.74) is 0.851. The molecule has 0 radical (unpaired) electrons. The van der Waals surface area contributed by atoms with E-state index in [1.54, 1.807) is 48.5 Å². The van der Waals surface area contributed by atoms with Crippen LogP contribution in [0.4, 0.5) is 18.0 Å². The molecule has 3 amide bonds. The highest BCUT2D eigenvalue weighted by molar-refractivity contribution is 6.30. The second kappa shape index (κ2) is 10.6. The topological polar surface area (TPSA) is 74.2 Å². The van der Waals surface area contributed by atoms with Crippen molar-refractivity contribution < 1.29 is 27.5 Å². The Morgan fingerprint density at radius 2 is 1.79 bits per heavy atom. The third-order valence-electron chi connectivity index (χ3n) is 6.70. The Labute approximate surface area is 227 Å². The molecule has 0 aliphatic carbocycles. The first-order valence-electron chi connectivity index (χ1n) is 12.2. The predicted octanol–water partition coefficient (Wildman–Crippen LogP) is 5.46. The van der Waals surface area contributed by atoms with Gasteiger partial charge in [0.1, 0.15) is 24.2 Å². The van der Waals surface area contributed by atoms with Crippen molar-refractivity contribution in [1.82, 2.24) is 15.1 Å². The molecule has 1 saturated heterocycles. The smallest absolute Gasteiger partial charge is 0.416 e. The molecule has 39 heavy (non-hydrogen) atoms. The number of amidine groups is 1. The summed E-state index contributed by atoms with van der Waals surface area (Å²) >= 11 is 6.33. The SMILES string of the molecule is COc1ccccc1C1=NC(c2ccc(C(F)(F)F)cc2)C(c2cccc(Cl)c2)N1C(=O)N1CCNC(=O)C1. The average Bonchev–Trinajstić information content (AvgIpc) is 3.32. The van der Waals surface area contributed by atoms with Gasteiger partial charge in [0, 0.05) is 18.1 Å². The van der Waals surface area contributed by atoms with E-state index in [-0.39, 0.29) is 24.8 Å². The summed E-state index contributed by atoms with van der Waals surface area (Å²) in [4.78, 5) is 34.1. The number of nitrogens with zero attached hydrogens (tertiary/aromatic N) is 3. The van der Waals surface area contributed by atoms with Crippen LogP contribution in [-0.4, -0.2) is 54.3 Å². The zero-order valence-electron chi connectivity index (χ0n) is 20.8. The van der Waals surface area contributed by atoms with Crippen molar-refractivity contribution in [3.8, 4) is 5.75 Å². The molecule has 3 aromatic carbocycles. The van der Waals surface area contributed by atoms with Crippen molar-refractivity contribution in [3.63, 3.8) is 0 Å². The van der Waals surface area contributed by atoms with Gasteiger partial charge in [-0.25, -0.2) is 4.79 Å². The van der Waals surface area contributed by atoms with Gasteiger partial charge in [0.15, 0.2) is 0 Å². The van der Waals surface area contributed by atoms with E-state index in [2.05, 4.69) is 5.32 Å². The van der Waals surface area contributed by atoms with Gasteiger partial charge in [-0.1, -0.05) is 48.0 Å². The number of ether oxygens (including phenoxy) is 1. The van der Waals surface area contributed by atoms with Crippen molar-refractivity contribution in [2.24, 2.45) is 4.99 Å². The van der Waals surface area contributed by atoms with Gasteiger partial charge in [-0.3, -0.25) is 14.7 Å². The molecule has 1 fully saturated rings. The van der Waals surface area contributed by atoms with E-state index in [1.165, 1.54) is 29.0 Å². The molecule has 3 aromatic rings. The monoisotopic (exact) mass is 556 g/mol. The van der Waals surface area contributed by atoms with Gasteiger partial charge in [-0.2, -0.15) is 13.2 Å². The van der Waals surface area contributed by atoms with Crippen LogP contribution >= 0.6 is 11.6 Å². The summed E-state index contributed by atoms with van der Waals surface area (Å²) in [6.45, 7) is 0.443. The number of rotatable bonds is 4. The second-order valence-electron chi connectivity index (χ2n) is 9.14. The van der Waals surface area contributed by atoms with E-state index in [1.807, 2.05) is 0 Å². The minimum absolute atomic E-state index is 0.137. The van der Waals surface area contributed by atoms with Crippen LogP contribution in [0.15, 0.2) is 77.8 Å². The molecule has 2 unspecified atom stereocenters. The molecule has 0 aromatic heterocycles. The lowest BCUT2D eigenvalue weighted by Crippen LogP contribution is -2.55. The number of piperazine rings is 1. The molecule has 0 saturated carbocycles. The summed E-state index contributed by atoms with van der Waals surface area (Å²) in [6, 6.07) is 16.7.